The van der Waals surface area contributed by atoms with E-state index in [2.05, 4.69) is 46.8 Å². The Hall–Kier alpha value is -2.20. The lowest BCUT2D eigenvalue weighted by Crippen LogP contribution is -2.38. The van der Waals surface area contributed by atoms with Crippen molar-refractivity contribution in [1.29, 1.82) is 0 Å². The molecule has 0 unspecified atom stereocenters. The van der Waals surface area contributed by atoms with Crippen molar-refractivity contribution in [1.82, 2.24) is 15.5 Å². The highest BCUT2D eigenvalue weighted by atomic mass is 127. The number of nitrogens with one attached hydrogen (secondary N) is 2. The van der Waals surface area contributed by atoms with Gasteiger partial charge in [0.2, 0.25) is 0 Å². The van der Waals surface area contributed by atoms with Crippen LogP contribution in [0.1, 0.15) is 12.0 Å². The lowest BCUT2D eigenvalue weighted by Gasteiger charge is -2.13. The van der Waals surface area contributed by atoms with Crippen LogP contribution in [-0.2, 0) is 6.54 Å². The Kier molecular flexibility index (Phi) is 13.5. The average Bonchev–Trinajstić information content (AvgIpc) is 2.77. The molecule has 0 aliphatic heterocycles. The molecule has 31 heavy (non-hydrogen) atoms. The molecule has 0 amide bonds. The van der Waals surface area contributed by atoms with Crippen molar-refractivity contribution >= 4 is 29.9 Å². The average molecular weight is 542 g/mol. The molecule has 0 saturated carbocycles. The first-order chi connectivity index (χ1) is 14.6. The van der Waals surface area contributed by atoms with E-state index in [1.807, 2.05) is 36.4 Å². The van der Waals surface area contributed by atoms with Crippen molar-refractivity contribution in [2.24, 2.45) is 4.99 Å². The van der Waals surface area contributed by atoms with Gasteiger partial charge >= 0.3 is 0 Å². The zero-order valence-corrected chi connectivity index (χ0v) is 21.2. The molecule has 0 heterocycles. The third kappa shape index (κ3) is 11.1. The second-order valence-electron chi connectivity index (χ2n) is 7.03. The van der Waals surface area contributed by atoms with Crippen LogP contribution in [0.5, 0.6) is 17.2 Å². The van der Waals surface area contributed by atoms with E-state index < -0.39 is 0 Å². The Morgan fingerprint density at radius 2 is 1.45 bits per heavy atom. The van der Waals surface area contributed by atoms with Gasteiger partial charge in [0.05, 0.1) is 20.3 Å². The maximum absolute atomic E-state index is 5.77. The number of ether oxygens (including phenoxy) is 3. The summed E-state index contributed by atoms with van der Waals surface area (Å²) < 4.78 is 16.6. The van der Waals surface area contributed by atoms with E-state index >= 15 is 0 Å². The highest BCUT2D eigenvalue weighted by Gasteiger charge is 2.01. The van der Waals surface area contributed by atoms with Crippen LogP contribution in [-0.4, -0.2) is 65.4 Å². The number of hydrogen-bond donors (Lipinski definition) is 2. The first-order valence-electron chi connectivity index (χ1n) is 10.2. The molecule has 0 radical (unpaired) electrons. The van der Waals surface area contributed by atoms with Crippen molar-refractivity contribution in [3.05, 3.63) is 54.1 Å². The van der Waals surface area contributed by atoms with Crippen molar-refractivity contribution in [3.8, 4) is 17.2 Å². The minimum absolute atomic E-state index is 0. The van der Waals surface area contributed by atoms with Gasteiger partial charge in [-0.3, -0.25) is 4.99 Å². The van der Waals surface area contributed by atoms with Gasteiger partial charge in [0, 0.05) is 20.1 Å². The third-order valence-electron chi connectivity index (χ3n) is 4.35. The minimum atomic E-state index is 0. The number of aliphatic imine (C=N–C) groups is 1. The summed E-state index contributed by atoms with van der Waals surface area (Å²) in [6, 6.07) is 15.7. The predicted octanol–water partition coefficient (Wildman–Crippen LogP) is 3.39. The molecule has 0 aliphatic rings. The molecular formula is C23H35IN4O3. The van der Waals surface area contributed by atoms with Crippen LogP contribution >= 0.6 is 24.0 Å². The van der Waals surface area contributed by atoms with E-state index in [1.165, 1.54) is 0 Å². The van der Waals surface area contributed by atoms with Crippen LogP contribution in [0.3, 0.4) is 0 Å². The molecule has 0 spiro atoms. The summed E-state index contributed by atoms with van der Waals surface area (Å²) in [4.78, 5) is 6.40. The number of halogens is 1. The van der Waals surface area contributed by atoms with Crippen molar-refractivity contribution < 1.29 is 14.2 Å². The largest absolute Gasteiger partial charge is 0.497 e. The monoisotopic (exact) mass is 542 g/mol. The molecule has 172 valence electrons. The molecule has 2 aromatic carbocycles. The Labute approximate surface area is 203 Å². The fourth-order valence-corrected chi connectivity index (χ4v) is 2.69. The van der Waals surface area contributed by atoms with E-state index in [9.17, 15) is 0 Å². The molecule has 0 fully saturated rings. The van der Waals surface area contributed by atoms with E-state index in [1.54, 1.807) is 14.2 Å². The zero-order chi connectivity index (χ0) is 21.6. The fourth-order valence-electron chi connectivity index (χ4n) is 2.69. The third-order valence-corrected chi connectivity index (χ3v) is 4.35. The van der Waals surface area contributed by atoms with Gasteiger partial charge in [0.25, 0.3) is 0 Å². The van der Waals surface area contributed by atoms with Crippen LogP contribution < -0.4 is 24.8 Å². The van der Waals surface area contributed by atoms with Gasteiger partial charge in [-0.25, -0.2) is 0 Å². The molecule has 0 atom stereocenters. The van der Waals surface area contributed by atoms with Gasteiger partial charge in [-0.05, 0) is 62.5 Å². The number of benzene rings is 2. The summed E-state index contributed by atoms with van der Waals surface area (Å²) in [5.74, 6) is 3.26. The summed E-state index contributed by atoms with van der Waals surface area (Å²) in [7, 11) is 7.54. The smallest absolute Gasteiger partial charge is 0.191 e. The fraction of sp³-hybridized carbons (Fsp3) is 0.435. The Morgan fingerprint density at radius 1 is 0.871 bits per heavy atom. The maximum atomic E-state index is 5.77. The van der Waals surface area contributed by atoms with E-state index in [4.69, 9.17) is 14.2 Å². The standard InChI is InChI=1S/C23H34N4O3.HI/c1-24-23(25-14-17-30-22-12-10-20(28-4)11-13-22)26-18-19-6-8-21(9-7-19)29-16-5-15-27(2)3;/h6-13H,5,14-18H2,1-4H3,(H2,24,25,26);1H. The van der Waals surface area contributed by atoms with Crippen molar-refractivity contribution in [2.75, 3.05) is 54.6 Å². The normalized spacial score (nSPS) is 10.9. The molecule has 2 aromatic rings. The van der Waals surface area contributed by atoms with E-state index in [0.29, 0.717) is 19.7 Å². The first kappa shape index (κ1) is 26.8. The van der Waals surface area contributed by atoms with Crippen molar-refractivity contribution in [3.63, 3.8) is 0 Å². The molecule has 0 saturated heterocycles. The van der Waals surface area contributed by atoms with Gasteiger partial charge in [0.15, 0.2) is 5.96 Å². The Balaban J connectivity index is 0.00000480. The van der Waals surface area contributed by atoms with Gasteiger partial charge in [0.1, 0.15) is 23.9 Å². The zero-order valence-electron chi connectivity index (χ0n) is 18.9. The predicted molar refractivity (Wildman–Crippen MR) is 137 cm³/mol. The maximum Gasteiger partial charge on any atom is 0.191 e. The van der Waals surface area contributed by atoms with Crippen molar-refractivity contribution in [2.45, 2.75) is 13.0 Å². The summed E-state index contributed by atoms with van der Waals surface area (Å²) >= 11 is 0. The first-order valence-corrected chi connectivity index (χ1v) is 10.2. The van der Waals surface area contributed by atoms with E-state index in [0.717, 1.165) is 48.3 Å². The molecule has 7 nitrogen and oxygen atoms in total. The molecule has 0 aromatic heterocycles. The highest BCUT2D eigenvalue weighted by molar-refractivity contribution is 14.0. The van der Waals surface area contributed by atoms with Crippen LogP contribution in [0.4, 0.5) is 0 Å². The Bertz CT molecular complexity index is 752. The lowest BCUT2D eigenvalue weighted by atomic mass is 10.2. The van der Waals surface area contributed by atoms with Gasteiger partial charge in [-0.15, -0.1) is 24.0 Å². The Morgan fingerprint density at radius 3 is 2.03 bits per heavy atom. The van der Waals surface area contributed by atoms with Gasteiger partial charge < -0.3 is 29.7 Å². The quantitative estimate of drug-likeness (QED) is 0.186. The number of nitrogens with zero attached hydrogens (tertiary/aromatic N) is 2. The van der Waals surface area contributed by atoms with E-state index in [-0.39, 0.29) is 24.0 Å². The molecular weight excluding hydrogens is 507 g/mol. The number of rotatable bonds is 12. The number of hydrogen-bond acceptors (Lipinski definition) is 5. The summed E-state index contributed by atoms with van der Waals surface area (Å²) in [6.45, 7) is 3.61. The minimum Gasteiger partial charge on any atom is -0.497 e. The van der Waals surface area contributed by atoms with Crippen LogP contribution in [0, 0.1) is 0 Å². The lowest BCUT2D eigenvalue weighted by molar-refractivity contribution is 0.281. The second kappa shape index (κ2) is 15.6. The highest BCUT2D eigenvalue weighted by Crippen LogP contribution is 2.16. The topological polar surface area (TPSA) is 67.4 Å². The molecule has 8 heteroatoms. The molecule has 2 rings (SSSR count). The summed E-state index contributed by atoms with van der Waals surface area (Å²) in [5.41, 5.74) is 1.16. The molecule has 0 bridgehead atoms. The van der Waals surface area contributed by atoms with Crippen LogP contribution in [0.15, 0.2) is 53.5 Å². The summed E-state index contributed by atoms with van der Waals surface area (Å²) in [5, 5.41) is 6.55. The van der Waals surface area contributed by atoms with Crippen LogP contribution in [0.25, 0.3) is 0 Å². The number of guanidine groups is 1. The second-order valence-corrected chi connectivity index (χ2v) is 7.03. The molecule has 2 N–H and O–H groups in total. The van der Waals surface area contributed by atoms with Crippen LogP contribution in [0.2, 0.25) is 0 Å². The SMILES string of the molecule is CN=C(NCCOc1ccc(OC)cc1)NCc1ccc(OCCCN(C)C)cc1.I. The number of methoxy groups -OCH3 is 1. The summed E-state index contributed by atoms with van der Waals surface area (Å²) in [6.07, 6.45) is 1.01. The van der Waals surface area contributed by atoms with Gasteiger partial charge in [-0.1, -0.05) is 12.1 Å². The molecule has 0 aliphatic carbocycles. The van der Waals surface area contributed by atoms with Gasteiger partial charge in [-0.2, -0.15) is 0 Å².